The Hall–Kier alpha value is -1.99. The monoisotopic (exact) mass is 271 g/mol. The van der Waals surface area contributed by atoms with E-state index in [9.17, 15) is 15.0 Å². The van der Waals surface area contributed by atoms with Crippen molar-refractivity contribution in [3.8, 4) is 11.5 Å². The first-order valence-electron chi connectivity index (χ1n) is 5.55. The molecule has 0 fully saturated rings. The molecule has 0 aliphatic carbocycles. The summed E-state index contributed by atoms with van der Waals surface area (Å²) in [6.07, 6.45) is -0.979. The van der Waals surface area contributed by atoms with Crippen LogP contribution in [0.4, 0.5) is 5.69 Å². The molecule has 4 N–H and O–H groups in total. The van der Waals surface area contributed by atoms with Crippen molar-refractivity contribution in [1.82, 2.24) is 0 Å². The van der Waals surface area contributed by atoms with Crippen LogP contribution in [0.3, 0.4) is 0 Å². The van der Waals surface area contributed by atoms with E-state index in [1.54, 1.807) is 0 Å². The van der Waals surface area contributed by atoms with E-state index in [0.717, 1.165) is 0 Å². The van der Waals surface area contributed by atoms with Gasteiger partial charge in [-0.05, 0) is 6.07 Å². The number of methoxy groups -OCH3 is 2. The largest absolute Gasteiger partial charge is 0.505 e. The number of nitrogens with one attached hydrogen (secondary N) is 1. The van der Waals surface area contributed by atoms with E-state index < -0.39 is 18.7 Å². The van der Waals surface area contributed by atoms with Gasteiger partial charge >= 0.3 is 5.97 Å². The highest BCUT2D eigenvalue weighted by Crippen LogP contribution is 2.33. The second kappa shape index (κ2) is 6.81. The maximum atomic E-state index is 11.5. The van der Waals surface area contributed by atoms with Crippen LogP contribution in [-0.2, 0) is 4.74 Å². The molecule has 0 radical (unpaired) electrons. The molecule has 1 rings (SSSR count). The average molecular weight is 271 g/mol. The number of carbonyl (C=O) groups excluding carboxylic acids is 1. The highest BCUT2D eigenvalue weighted by atomic mass is 16.5. The molecule has 106 valence electrons. The number of aromatic hydroxyl groups is 1. The van der Waals surface area contributed by atoms with Crippen LogP contribution >= 0.6 is 0 Å². The van der Waals surface area contributed by atoms with E-state index in [1.807, 2.05) is 0 Å². The summed E-state index contributed by atoms with van der Waals surface area (Å²) >= 11 is 0. The first kappa shape index (κ1) is 15.1. The Balaban J connectivity index is 3.05. The minimum atomic E-state index is -0.979. The fourth-order valence-corrected chi connectivity index (χ4v) is 1.42. The minimum absolute atomic E-state index is 0.0117. The molecule has 19 heavy (non-hydrogen) atoms. The van der Waals surface area contributed by atoms with Crippen molar-refractivity contribution >= 4 is 11.7 Å². The number of esters is 1. The number of carbonyl (C=O) groups is 1. The standard InChI is InChI=1S/C12H17NO6/c1-18-8-3-9(12(17)19-2)11(16)10(4-8)13-5-7(15)6-14/h3-4,7,13-16H,5-6H2,1-2H3. The second-order valence-electron chi connectivity index (χ2n) is 3.78. The first-order chi connectivity index (χ1) is 9.03. The molecule has 0 saturated heterocycles. The van der Waals surface area contributed by atoms with Crippen LogP contribution in [0, 0.1) is 0 Å². The van der Waals surface area contributed by atoms with Gasteiger partial charge in [0.05, 0.1) is 32.6 Å². The zero-order chi connectivity index (χ0) is 14.4. The van der Waals surface area contributed by atoms with E-state index in [-0.39, 0.29) is 23.5 Å². The predicted octanol–water partition coefficient (Wildman–Crippen LogP) is -0.0475. The third-order valence-corrected chi connectivity index (χ3v) is 2.46. The van der Waals surface area contributed by atoms with Crippen molar-refractivity contribution in [1.29, 1.82) is 0 Å². The van der Waals surface area contributed by atoms with Crippen LogP contribution in [0.2, 0.25) is 0 Å². The molecule has 0 aliphatic heterocycles. The smallest absolute Gasteiger partial charge is 0.341 e. The van der Waals surface area contributed by atoms with Gasteiger partial charge < -0.3 is 30.1 Å². The second-order valence-corrected chi connectivity index (χ2v) is 3.78. The molecular weight excluding hydrogens is 254 g/mol. The number of rotatable bonds is 6. The number of phenols is 1. The molecule has 0 aliphatic rings. The van der Waals surface area contributed by atoms with Gasteiger partial charge in [-0.2, -0.15) is 0 Å². The highest BCUT2D eigenvalue weighted by Gasteiger charge is 2.17. The van der Waals surface area contributed by atoms with Crippen LogP contribution in [0.1, 0.15) is 10.4 Å². The van der Waals surface area contributed by atoms with Gasteiger partial charge in [0.25, 0.3) is 0 Å². The Morgan fingerprint density at radius 1 is 1.42 bits per heavy atom. The van der Waals surface area contributed by atoms with Crippen molar-refractivity contribution in [3.05, 3.63) is 17.7 Å². The Morgan fingerprint density at radius 3 is 2.63 bits per heavy atom. The van der Waals surface area contributed by atoms with Gasteiger partial charge in [0.1, 0.15) is 11.3 Å². The molecular formula is C12H17NO6. The number of anilines is 1. The lowest BCUT2D eigenvalue weighted by Gasteiger charge is -2.14. The first-order valence-corrected chi connectivity index (χ1v) is 5.55. The Morgan fingerprint density at radius 2 is 2.11 bits per heavy atom. The Kier molecular flexibility index (Phi) is 5.40. The van der Waals surface area contributed by atoms with Gasteiger partial charge in [-0.15, -0.1) is 0 Å². The number of benzene rings is 1. The zero-order valence-corrected chi connectivity index (χ0v) is 10.7. The quantitative estimate of drug-likeness (QED) is 0.424. The number of aliphatic hydroxyl groups excluding tert-OH is 2. The fraction of sp³-hybridized carbons (Fsp3) is 0.417. The molecule has 0 spiro atoms. The predicted molar refractivity (Wildman–Crippen MR) is 67.6 cm³/mol. The number of aliphatic hydroxyl groups is 2. The number of hydrogen-bond donors (Lipinski definition) is 4. The molecule has 0 saturated carbocycles. The Bertz CT molecular complexity index is 448. The van der Waals surface area contributed by atoms with Gasteiger partial charge in [-0.1, -0.05) is 0 Å². The SMILES string of the molecule is COC(=O)c1cc(OC)cc(NCC(O)CO)c1O. The lowest BCUT2D eigenvalue weighted by molar-refractivity contribution is 0.0597. The van der Waals surface area contributed by atoms with Crippen molar-refractivity contribution in [2.24, 2.45) is 0 Å². The van der Waals surface area contributed by atoms with Crippen molar-refractivity contribution in [2.45, 2.75) is 6.10 Å². The van der Waals surface area contributed by atoms with Gasteiger partial charge in [0, 0.05) is 12.6 Å². The molecule has 1 atom stereocenters. The third kappa shape index (κ3) is 3.73. The van der Waals surface area contributed by atoms with Crippen LogP contribution in [-0.4, -0.2) is 54.8 Å². The van der Waals surface area contributed by atoms with Crippen molar-refractivity contribution in [2.75, 3.05) is 32.7 Å². The fourth-order valence-electron chi connectivity index (χ4n) is 1.42. The van der Waals surface area contributed by atoms with E-state index in [2.05, 4.69) is 10.1 Å². The molecule has 0 bridgehead atoms. The van der Waals surface area contributed by atoms with Crippen LogP contribution in [0.15, 0.2) is 12.1 Å². The summed E-state index contributed by atoms with van der Waals surface area (Å²) in [5.41, 5.74) is 0.148. The summed E-state index contributed by atoms with van der Waals surface area (Å²) in [7, 11) is 2.61. The minimum Gasteiger partial charge on any atom is -0.505 e. The molecule has 0 amide bonds. The summed E-state index contributed by atoms with van der Waals surface area (Å²) in [4.78, 5) is 11.5. The van der Waals surface area contributed by atoms with E-state index in [4.69, 9.17) is 9.84 Å². The van der Waals surface area contributed by atoms with Gasteiger partial charge in [-0.25, -0.2) is 4.79 Å². The lowest BCUT2D eigenvalue weighted by atomic mass is 10.1. The summed E-state index contributed by atoms with van der Waals surface area (Å²) in [6, 6.07) is 2.81. The van der Waals surface area contributed by atoms with Gasteiger partial charge in [0.15, 0.2) is 5.75 Å². The maximum absolute atomic E-state index is 11.5. The highest BCUT2D eigenvalue weighted by molar-refractivity contribution is 5.95. The topological polar surface area (TPSA) is 108 Å². The lowest BCUT2D eigenvalue weighted by Crippen LogP contribution is -2.23. The normalized spacial score (nSPS) is 11.8. The summed E-state index contributed by atoms with van der Waals surface area (Å²) in [5.74, 6) is -0.667. The van der Waals surface area contributed by atoms with Gasteiger partial charge in [-0.3, -0.25) is 0 Å². The number of phenolic OH excluding ortho intramolecular Hbond substituents is 1. The molecule has 7 nitrogen and oxygen atoms in total. The Labute approximate surface area is 110 Å². The number of ether oxygens (including phenoxy) is 2. The van der Waals surface area contributed by atoms with E-state index in [1.165, 1.54) is 26.4 Å². The molecule has 1 aromatic carbocycles. The number of hydrogen-bond acceptors (Lipinski definition) is 7. The molecule has 7 heteroatoms. The van der Waals surface area contributed by atoms with Crippen molar-refractivity contribution in [3.63, 3.8) is 0 Å². The summed E-state index contributed by atoms with van der Waals surface area (Å²) in [5, 5.41) is 30.6. The van der Waals surface area contributed by atoms with E-state index >= 15 is 0 Å². The maximum Gasteiger partial charge on any atom is 0.341 e. The zero-order valence-electron chi connectivity index (χ0n) is 10.7. The molecule has 0 aromatic heterocycles. The summed E-state index contributed by atoms with van der Waals surface area (Å²) < 4.78 is 9.55. The van der Waals surface area contributed by atoms with Crippen LogP contribution < -0.4 is 10.1 Å². The molecule has 0 heterocycles. The molecule has 1 unspecified atom stereocenters. The van der Waals surface area contributed by atoms with Crippen LogP contribution in [0.5, 0.6) is 11.5 Å². The van der Waals surface area contributed by atoms with E-state index in [0.29, 0.717) is 5.75 Å². The third-order valence-electron chi connectivity index (χ3n) is 2.46. The van der Waals surface area contributed by atoms with Gasteiger partial charge in [0.2, 0.25) is 0 Å². The van der Waals surface area contributed by atoms with Crippen molar-refractivity contribution < 1.29 is 29.6 Å². The van der Waals surface area contributed by atoms with Crippen LogP contribution in [0.25, 0.3) is 0 Å². The average Bonchev–Trinajstić information content (AvgIpc) is 2.44. The summed E-state index contributed by atoms with van der Waals surface area (Å²) in [6.45, 7) is -0.403. The molecule has 1 aromatic rings.